The number of piperidine rings is 1. The van der Waals surface area contributed by atoms with Crippen LogP contribution < -0.4 is 21.5 Å². The number of benzene rings is 1. The first-order valence-electron chi connectivity index (χ1n) is 12.6. The Hall–Kier alpha value is -3.89. The number of methoxy groups -OCH3 is 1. The molecule has 1 fully saturated rings. The average Bonchev–Trinajstić information content (AvgIpc) is 2.89. The molecule has 3 atom stereocenters. The number of amides is 1. The van der Waals surface area contributed by atoms with E-state index in [0.29, 0.717) is 48.2 Å². The summed E-state index contributed by atoms with van der Waals surface area (Å²) in [6, 6.07) is 11.6. The topological polar surface area (TPSA) is 148 Å². The first kappa shape index (κ1) is 25.7. The van der Waals surface area contributed by atoms with Gasteiger partial charge in [-0.1, -0.05) is 12.1 Å². The van der Waals surface area contributed by atoms with Crippen LogP contribution >= 0.6 is 0 Å². The Morgan fingerprint density at radius 1 is 1.18 bits per heavy atom. The second kappa shape index (κ2) is 10.5. The summed E-state index contributed by atoms with van der Waals surface area (Å²) in [7, 11) is 1.48. The van der Waals surface area contributed by atoms with Crippen LogP contribution in [0.25, 0.3) is 0 Å². The van der Waals surface area contributed by atoms with E-state index in [4.69, 9.17) is 14.9 Å². The van der Waals surface area contributed by atoms with Gasteiger partial charge in [0.25, 0.3) is 5.56 Å². The van der Waals surface area contributed by atoms with Crippen molar-refractivity contribution in [3.63, 3.8) is 0 Å². The first-order valence-corrected chi connectivity index (χ1v) is 12.6. The van der Waals surface area contributed by atoms with Gasteiger partial charge in [-0.05, 0) is 36.1 Å². The van der Waals surface area contributed by atoms with Crippen molar-refractivity contribution < 1.29 is 24.2 Å². The Kier molecular flexibility index (Phi) is 7.09. The van der Waals surface area contributed by atoms with E-state index in [1.54, 1.807) is 30.3 Å². The average molecular weight is 522 g/mol. The standard InChI is InChI=1S/C28H31N3O7/c1-37-24-6-5-17(8-19(24)15-32)21(10-25(29)34)28-27(36)23(33)9-20(38-28)14-30-11-16-7-18(13-30)22-3-2-4-26(35)31(22)12-16/h2-6,8-9,16,18,21,32,36H,7,10-15H2,1H3,(H2,29,34)/t16-,18+,21-/m1/s1. The van der Waals surface area contributed by atoms with Gasteiger partial charge in [0.15, 0.2) is 5.76 Å². The SMILES string of the molecule is COc1ccc([C@@H](CC(N)=O)c2oc(CN3C[C@H]4C[C@@H](C3)c3cccc(=O)n3C4)cc(=O)c2O)cc1CO. The number of rotatable bonds is 8. The summed E-state index contributed by atoms with van der Waals surface area (Å²) >= 11 is 0. The van der Waals surface area contributed by atoms with Crippen molar-refractivity contribution in [1.82, 2.24) is 9.47 Å². The van der Waals surface area contributed by atoms with Gasteiger partial charge in [-0.25, -0.2) is 0 Å². The maximum absolute atomic E-state index is 12.8. The summed E-state index contributed by atoms with van der Waals surface area (Å²) in [4.78, 5) is 39.3. The summed E-state index contributed by atoms with van der Waals surface area (Å²) in [6.07, 6.45) is 0.784. The largest absolute Gasteiger partial charge is 0.502 e. The Labute approximate surface area is 218 Å². The third-order valence-corrected chi connectivity index (χ3v) is 7.53. The fourth-order valence-corrected chi connectivity index (χ4v) is 5.92. The number of ether oxygens (including phenoxy) is 1. The molecule has 0 unspecified atom stereocenters. The van der Waals surface area contributed by atoms with Crippen molar-refractivity contribution in [3.8, 4) is 11.5 Å². The number of fused-ring (bicyclic) bond motifs is 4. The number of aromatic nitrogens is 1. The number of aromatic hydroxyl groups is 1. The Morgan fingerprint density at radius 3 is 2.74 bits per heavy atom. The molecule has 5 rings (SSSR count). The van der Waals surface area contributed by atoms with Gasteiger partial charge in [0, 0.05) is 55.4 Å². The molecule has 2 aliphatic rings. The molecule has 10 nitrogen and oxygen atoms in total. The molecule has 1 aromatic carbocycles. The maximum atomic E-state index is 12.8. The van der Waals surface area contributed by atoms with Crippen molar-refractivity contribution in [3.05, 3.63) is 91.4 Å². The number of primary amides is 1. The Balaban J connectivity index is 1.46. The predicted octanol–water partition coefficient (Wildman–Crippen LogP) is 1.63. The lowest BCUT2D eigenvalue weighted by molar-refractivity contribution is -0.118. The van der Waals surface area contributed by atoms with E-state index in [2.05, 4.69) is 4.90 Å². The molecule has 0 spiro atoms. The molecule has 1 saturated heterocycles. The number of pyridine rings is 1. The van der Waals surface area contributed by atoms with Crippen LogP contribution in [0.2, 0.25) is 0 Å². The fraction of sp³-hybridized carbons (Fsp3) is 0.393. The molecular formula is C28H31N3O7. The van der Waals surface area contributed by atoms with Gasteiger partial charge in [0.2, 0.25) is 17.1 Å². The molecule has 10 heteroatoms. The molecule has 2 bridgehead atoms. The number of aliphatic hydroxyl groups is 1. The van der Waals surface area contributed by atoms with Crippen LogP contribution in [0.3, 0.4) is 0 Å². The van der Waals surface area contributed by atoms with Crippen LogP contribution in [0.5, 0.6) is 11.5 Å². The molecule has 200 valence electrons. The zero-order valence-electron chi connectivity index (χ0n) is 21.1. The number of hydrogen-bond donors (Lipinski definition) is 3. The van der Waals surface area contributed by atoms with E-state index in [-0.39, 0.29) is 30.3 Å². The van der Waals surface area contributed by atoms with Crippen molar-refractivity contribution in [2.75, 3.05) is 20.2 Å². The summed E-state index contributed by atoms with van der Waals surface area (Å²) in [5.41, 5.74) is 6.98. The molecule has 0 saturated carbocycles. The first-order chi connectivity index (χ1) is 18.3. The quantitative estimate of drug-likeness (QED) is 0.405. The normalized spacial score (nSPS) is 19.5. The zero-order valence-corrected chi connectivity index (χ0v) is 21.1. The van der Waals surface area contributed by atoms with E-state index in [0.717, 1.165) is 18.7 Å². The lowest BCUT2D eigenvalue weighted by Gasteiger charge is -2.42. The second-order valence-electron chi connectivity index (χ2n) is 10.1. The van der Waals surface area contributed by atoms with E-state index in [1.165, 1.54) is 13.2 Å². The smallest absolute Gasteiger partial charge is 0.250 e. The summed E-state index contributed by atoms with van der Waals surface area (Å²) in [6.45, 7) is 2.12. The molecule has 38 heavy (non-hydrogen) atoms. The summed E-state index contributed by atoms with van der Waals surface area (Å²) < 4.78 is 13.2. The number of hydrogen-bond acceptors (Lipinski definition) is 8. The van der Waals surface area contributed by atoms with Crippen LogP contribution in [-0.2, 0) is 24.5 Å². The number of nitrogens with zero attached hydrogens (tertiary/aromatic N) is 2. The van der Waals surface area contributed by atoms with Crippen molar-refractivity contribution >= 4 is 5.91 Å². The van der Waals surface area contributed by atoms with Crippen LogP contribution in [-0.4, -0.2) is 45.8 Å². The zero-order chi connectivity index (χ0) is 27.0. The highest BCUT2D eigenvalue weighted by Gasteiger charge is 2.35. The Morgan fingerprint density at radius 2 is 2.00 bits per heavy atom. The number of carbonyl (C=O) groups is 1. The van der Waals surface area contributed by atoms with Gasteiger partial charge in [0.05, 0.1) is 26.2 Å². The van der Waals surface area contributed by atoms with Gasteiger partial charge in [0.1, 0.15) is 11.5 Å². The van der Waals surface area contributed by atoms with Crippen LogP contribution in [0.1, 0.15) is 53.0 Å². The third-order valence-electron chi connectivity index (χ3n) is 7.53. The van der Waals surface area contributed by atoms with Gasteiger partial charge < -0.3 is 29.7 Å². The summed E-state index contributed by atoms with van der Waals surface area (Å²) in [5, 5.41) is 20.4. The van der Waals surface area contributed by atoms with Crippen molar-refractivity contribution in [2.45, 2.75) is 44.4 Å². The van der Waals surface area contributed by atoms with E-state index in [1.807, 2.05) is 10.6 Å². The molecule has 1 amide bonds. The second-order valence-corrected chi connectivity index (χ2v) is 10.1. The molecule has 2 aromatic heterocycles. The van der Waals surface area contributed by atoms with E-state index >= 15 is 0 Å². The van der Waals surface area contributed by atoms with Gasteiger partial charge in [-0.2, -0.15) is 0 Å². The van der Waals surface area contributed by atoms with E-state index < -0.39 is 23.0 Å². The molecule has 0 radical (unpaired) electrons. The van der Waals surface area contributed by atoms with Gasteiger partial charge >= 0.3 is 0 Å². The number of aliphatic hydroxyl groups excluding tert-OH is 1. The van der Waals surface area contributed by atoms with Gasteiger partial charge in [-0.15, -0.1) is 0 Å². The number of likely N-dealkylation sites (tertiary alicyclic amines) is 1. The van der Waals surface area contributed by atoms with Crippen molar-refractivity contribution in [1.29, 1.82) is 0 Å². The maximum Gasteiger partial charge on any atom is 0.250 e. The molecular weight excluding hydrogens is 490 g/mol. The Bertz CT molecular complexity index is 1480. The van der Waals surface area contributed by atoms with Crippen LogP contribution in [0.15, 0.2) is 56.5 Å². The summed E-state index contributed by atoms with van der Waals surface area (Å²) in [5.74, 6) is -0.786. The monoisotopic (exact) mass is 521 g/mol. The molecule has 4 heterocycles. The number of nitrogens with two attached hydrogens (primary N) is 1. The highest BCUT2D eigenvalue weighted by Crippen LogP contribution is 2.37. The highest BCUT2D eigenvalue weighted by molar-refractivity contribution is 5.75. The molecule has 2 aliphatic heterocycles. The fourth-order valence-electron chi connectivity index (χ4n) is 5.92. The lowest BCUT2D eigenvalue weighted by Crippen LogP contribution is -2.46. The predicted molar refractivity (Wildman–Crippen MR) is 138 cm³/mol. The van der Waals surface area contributed by atoms with Gasteiger partial charge in [-0.3, -0.25) is 19.3 Å². The van der Waals surface area contributed by atoms with E-state index in [9.17, 15) is 24.6 Å². The number of carbonyl (C=O) groups excluding carboxylic acids is 1. The minimum absolute atomic E-state index is 0.0169. The third kappa shape index (κ3) is 4.97. The van der Waals surface area contributed by atoms with Crippen LogP contribution in [0, 0.1) is 5.92 Å². The minimum atomic E-state index is -0.837. The highest BCUT2D eigenvalue weighted by atomic mass is 16.5. The molecule has 3 aromatic rings. The van der Waals surface area contributed by atoms with Crippen LogP contribution in [0.4, 0.5) is 0 Å². The van der Waals surface area contributed by atoms with Crippen molar-refractivity contribution in [2.24, 2.45) is 11.7 Å². The molecule has 0 aliphatic carbocycles. The molecule has 4 N–H and O–H groups in total. The minimum Gasteiger partial charge on any atom is -0.502 e. The lowest BCUT2D eigenvalue weighted by atomic mass is 9.83.